The van der Waals surface area contributed by atoms with Crippen molar-refractivity contribution < 1.29 is 0 Å². The first-order valence-electron chi connectivity index (χ1n) is 4.92. The van der Waals surface area contributed by atoms with Gasteiger partial charge in [-0.1, -0.05) is 11.8 Å². The Morgan fingerprint density at radius 3 is 2.73 bits per heavy atom. The molecule has 1 aromatic heterocycles. The van der Waals surface area contributed by atoms with E-state index in [-0.39, 0.29) is 11.7 Å². The fraction of sp³-hybridized carbons (Fsp3) is 0.545. The molecule has 0 aliphatic carbocycles. The lowest BCUT2D eigenvalue weighted by atomic mass is 10.3. The van der Waals surface area contributed by atoms with Crippen LogP contribution in [0.2, 0.25) is 0 Å². The minimum atomic E-state index is -0.0980. The van der Waals surface area contributed by atoms with Crippen LogP contribution in [0.3, 0.4) is 0 Å². The molecule has 82 valence electrons. The molecular formula is C11H17N3O. The average molecular weight is 207 g/mol. The molecular weight excluding hydrogens is 190 g/mol. The van der Waals surface area contributed by atoms with Crippen LogP contribution in [0.25, 0.3) is 0 Å². The van der Waals surface area contributed by atoms with Crippen LogP contribution in [0.5, 0.6) is 0 Å². The standard InChI is InChI=1S/C11H17N3O/c1-9(6-5-7-13(3)4)14-10(2)8-12-11(14)15/h8-9H,7H2,1-4H3,(H,12,15). The zero-order valence-corrected chi connectivity index (χ0v) is 9.66. The van der Waals surface area contributed by atoms with Crippen LogP contribution in [0.4, 0.5) is 0 Å². The van der Waals surface area contributed by atoms with Crippen LogP contribution in [0.15, 0.2) is 11.0 Å². The minimum absolute atomic E-state index is 0.0799. The molecule has 0 aromatic carbocycles. The third-order valence-corrected chi connectivity index (χ3v) is 2.10. The Kier molecular flexibility index (Phi) is 3.75. The van der Waals surface area contributed by atoms with Crippen molar-refractivity contribution in [3.05, 3.63) is 22.4 Å². The molecule has 1 N–H and O–H groups in total. The topological polar surface area (TPSA) is 41.0 Å². The fourth-order valence-corrected chi connectivity index (χ4v) is 1.36. The second-order valence-corrected chi connectivity index (χ2v) is 3.84. The largest absolute Gasteiger partial charge is 0.326 e. The van der Waals surface area contributed by atoms with Gasteiger partial charge in [0.1, 0.15) is 0 Å². The summed E-state index contributed by atoms with van der Waals surface area (Å²) in [5.74, 6) is 6.08. The molecule has 1 rings (SSSR count). The highest BCUT2D eigenvalue weighted by molar-refractivity contribution is 5.10. The molecule has 1 aromatic rings. The van der Waals surface area contributed by atoms with Gasteiger partial charge in [0.2, 0.25) is 0 Å². The molecule has 0 bridgehead atoms. The molecule has 0 radical (unpaired) electrons. The molecule has 15 heavy (non-hydrogen) atoms. The normalized spacial score (nSPS) is 12.3. The predicted molar refractivity (Wildman–Crippen MR) is 60.8 cm³/mol. The Morgan fingerprint density at radius 2 is 2.27 bits per heavy atom. The van der Waals surface area contributed by atoms with Crippen LogP contribution in [-0.4, -0.2) is 35.1 Å². The van der Waals surface area contributed by atoms with Crippen LogP contribution >= 0.6 is 0 Å². The smallest absolute Gasteiger partial charge is 0.312 e. The van der Waals surface area contributed by atoms with Gasteiger partial charge in [0.15, 0.2) is 0 Å². The monoisotopic (exact) mass is 207 g/mol. The number of rotatable bonds is 2. The summed E-state index contributed by atoms with van der Waals surface area (Å²) in [6.07, 6.45) is 1.70. The highest BCUT2D eigenvalue weighted by Crippen LogP contribution is 2.03. The molecule has 1 heterocycles. The van der Waals surface area contributed by atoms with Gasteiger partial charge in [0, 0.05) is 11.9 Å². The summed E-state index contributed by atoms with van der Waals surface area (Å²) < 4.78 is 1.66. The van der Waals surface area contributed by atoms with Gasteiger partial charge in [-0.2, -0.15) is 0 Å². The molecule has 0 saturated heterocycles. The number of aryl methyl sites for hydroxylation is 1. The van der Waals surface area contributed by atoms with Gasteiger partial charge >= 0.3 is 5.69 Å². The van der Waals surface area contributed by atoms with Crippen LogP contribution in [0, 0.1) is 18.8 Å². The van der Waals surface area contributed by atoms with E-state index in [2.05, 4.69) is 16.8 Å². The molecule has 0 aliphatic heterocycles. The molecule has 1 atom stereocenters. The van der Waals surface area contributed by atoms with Crippen molar-refractivity contribution in [2.24, 2.45) is 0 Å². The summed E-state index contributed by atoms with van der Waals surface area (Å²) >= 11 is 0. The first-order chi connectivity index (χ1) is 7.02. The maximum absolute atomic E-state index is 11.4. The number of aromatic nitrogens is 2. The summed E-state index contributed by atoms with van der Waals surface area (Å²) in [5, 5.41) is 0. The van der Waals surface area contributed by atoms with Gasteiger partial charge in [0.05, 0.1) is 12.6 Å². The predicted octanol–water partition coefficient (Wildman–Crippen LogP) is 0.611. The third-order valence-electron chi connectivity index (χ3n) is 2.10. The summed E-state index contributed by atoms with van der Waals surface area (Å²) in [5.41, 5.74) is 0.811. The highest BCUT2D eigenvalue weighted by Gasteiger charge is 2.06. The number of nitrogens with zero attached hydrogens (tertiary/aromatic N) is 2. The number of nitrogens with one attached hydrogen (secondary N) is 1. The van der Waals surface area contributed by atoms with E-state index in [0.29, 0.717) is 6.54 Å². The Morgan fingerprint density at radius 1 is 1.60 bits per heavy atom. The fourth-order valence-electron chi connectivity index (χ4n) is 1.36. The Bertz CT molecular complexity index is 431. The molecule has 0 fully saturated rings. The van der Waals surface area contributed by atoms with Crippen molar-refractivity contribution in [1.82, 2.24) is 14.5 Å². The lowest BCUT2D eigenvalue weighted by molar-refractivity contribution is 0.463. The first kappa shape index (κ1) is 11.6. The van der Waals surface area contributed by atoms with Crippen molar-refractivity contribution in [2.45, 2.75) is 19.9 Å². The Hall–Kier alpha value is -1.47. The van der Waals surface area contributed by atoms with Gasteiger partial charge in [0.25, 0.3) is 0 Å². The minimum Gasteiger partial charge on any atom is -0.312 e. The molecule has 0 aliphatic rings. The van der Waals surface area contributed by atoms with Gasteiger partial charge in [-0.15, -0.1) is 0 Å². The quantitative estimate of drug-likeness (QED) is 0.722. The number of hydrogen-bond donors (Lipinski definition) is 1. The number of aromatic amines is 1. The third kappa shape index (κ3) is 3.00. The van der Waals surface area contributed by atoms with Crippen LogP contribution in [-0.2, 0) is 0 Å². The van der Waals surface area contributed by atoms with E-state index in [4.69, 9.17) is 0 Å². The van der Waals surface area contributed by atoms with Crippen molar-refractivity contribution >= 4 is 0 Å². The molecule has 0 spiro atoms. The van der Waals surface area contributed by atoms with E-state index in [1.165, 1.54) is 0 Å². The van der Waals surface area contributed by atoms with E-state index >= 15 is 0 Å². The van der Waals surface area contributed by atoms with Crippen molar-refractivity contribution in [3.8, 4) is 11.8 Å². The van der Waals surface area contributed by atoms with Gasteiger partial charge < -0.3 is 4.98 Å². The average Bonchev–Trinajstić information content (AvgIpc) is 2.45. The summed E-state index contributed by atoms with van der Waals surface area (Å²) in [6, 6.07) is -0.0799. The lowest BCUT2D eigenvalue weighted by Gasteiger charge is -2.07. The lowest BCUT2D eigenvalue weighted by Crippen LogP contribution is -2.21. The molecule has 4 heteroatoms. The van der Waals surface area contributed by atoms with Crippen molar-refractivity contribution in [3.63, 3.8) is 0 Å². The zero-order valence-electron chi connectivity index (χ0n) is 9.66. The maximum Gasteiger partial charge on any atom is 0.326 e. The Labute approximate surface area is 89.9 Å². The van der Waals surface area contributed by atoms with E-state index < -0.39 is 0 Å². The number of hydrogen-bond acceptors (Lipinski definition) is 2. The van der Waals surface area contributed by atoms with E-state index in [9.17, 15) is 4.79 Å². The summed E-state index contributed by atoms with van der Waals surface area (Å²) in [7, 11) is 3.93. The summed E-state index contributed by atoms with van der Waals surface area (Å²) in [4.78, 5) is 16.0. The molecule has 0 amide bonds. The number of imidazole rings is 1. The van der Waals surface area contributed by atoms with Crippen LogP contribution in [0.1, 0.15) is 18.7 Å². The van der Waals surface area contributed by atoms with E-state index in [0.717, 1.165) is 5.69 Å². The molecule has 4 nitrogen and oxygen atoms in total. The second-order valence-electron chi connectivity index (χ2n) is 3.84. The maximum atomic E-state index is 11.4. The highest BCUT2D eigenvalue weighted by atomic mass is 16.1. The molecule has 1 unspecified atom stereocenters. The number of H-pyrrole nitrogens is 1. The second kappa shape index (κ2) is 4.85. The van der Waals surface area contributed by atoms with Gasteiger partial charge in [-0.3, -0.25) is 9.47 Å². The van der Waals surface area contributed by atoms with E-state index in [1.54, 1.807) is 10.8 Å². The Balaban J connectivity index is 2.80. The van der Waals surface area contributed by atoms with E-state index in [1.807, 2.05) is 32.8 Å². The van der Waals surface area contributed by atoms with Gasteiger partial charge in [-0.05, 0) is 27.9 Å². The van der Waals surface area contributed by atoms with Gasteiger partial charge in [-0.25, -0.2) is 4.79 Å². The van der Waals surface area contributed by atoms with Crippen molar-refractivity contribution in [1.29, 1.82) is 0 Å². The van der Waals surface area contributed by atoms with Crippen molar-refractivity contribution in [2.75, 3.05) is 20.6 Å². The molecule has 0 saturated carbocycles. The van der Waals surface area contributed by atoms with Crippen LogP contribution < -0.4 is 5.69 Å². The SMILES string of the molecule is Cc1c[nH]c(=O)n1C(C)C#CCN(C)C. The zero-order chi connectivity index (χ0) is 11.4. The first-order valence-corrected chi connectivity index (χ1v) is 4.92. The summed E-state index contributed by atoms with van der Waals surface area (Å²) in [6.45, 7) is 4.52.